The molecule has 0 heterocycles. The van der Waals surface area contributed by atoms with Crippen molar-refractivity contribution in [3.63, 3.8) is 0 Å². The van der Waals surface area contributed by atoms with Gasteiger partial charge in [0, 0.05) is 18.8 Å². The maximum atomic E-state index is 12.9. The van der Waals surface area contributed by atoms with Gasteiger partial charge in [0.2, 0.25) is 5.91 Å². The van der Waals surface area contributed by atoms with Gasteiger partial charge in [-0.05, 0) is 47.9 Å². The van der Waals surface area contributed by atoms with Gasteiger partial charge >= 0.3 is 0 Å². The van der Waals surface area contributed by atoms with Crippen LogP contribution in [0.5, 0.6) is 0 Å². The zero-order chi connectivity index (χ0) is 19.1. The molecule has 0 saturated heterocycles. The maximum absolute atomic E-state index is 12.9. The minimum absolute atomic E-state index is 0.0558. The Bertz CT molecular complexity index is 872. The molecule has 0 radical (unpaired) electrons. The molecule has 0 aliphatic rings. The summed E-state index contributed by atoms with van der Waals surface area (Å²) in [6, 6.07) is 22.4. The van der Waals surface area contributed by atoms with E-state index in [0.29, 0.717) is 13.0 Å². The molecule has 1 amide bonds. The van der Waals surface area contributed by atoms with Gasteiger partial charge in [0.25, 0.3) is 0 Å². The average Bonchev–Trinajstić information content (AvgIpc) is 2.68. The molecule has 0 fully saturated rings. The van der Waals surface area contributed by atoms with Crippen LogP contribution >= 0.6 is 0 Å². The molecule has 0 saturated carbocycles. The summed E-state index contributed by atoms with van der Waals surface area (Å²) < 4.78 is 12.9. The monoisotopic (exact) mass is 362 g/mol. The second-order valence-corrected chi connectivity index (χ2v) is 6.62. The molecule has 0 unspecified atom stereocenters. The average molecular weight is 362 g/mol. The van der Waals surface area contributed by atoms with Crippen LogP contribution in [0.3, 0.4) is 0 Å². The highest BCUT2D eigenvalue weighted by molar-refractivity contribution is 5.78. The Morgan fingerprint density at radius 3 is 2.00 bits per heavy atom. The van der Waals surface area contributed by atoms with Crippen molar-refractivity contribution in [3.05, 3.63) is 101 Å². The first kappa shape index (κ1) is 18.6. The van der Waals surface area contributed by atoms with Gasteiger partial charge in [0.05, 0.1) is 6.42 Å². The standard InChI is InChI=1S/C23H23FN2O/c1-17-2-4-19(5-3-17)15-25-22-12-8-18(9-13-22)14-23(27)26-16-20-6-10-21(24)11-7-20/h2-13,25H,14-16H2,1H3,(H,26,27). The third-order valence-corrected chi connectivity index (χ3v) is 4.34. The van der Waals surface area contributed by atoms with Crippen LogP contribution in [0.1, 0.15) is 22.3 Å². The predicted molar refractivity (Wildman–Crippen MR) is 107 cm³/mol. The van der Waals surface area contributed by atoms with E-state index in [2.05, 4.69) is 41.8 Å². The summed E-state index contributed by atoms with van der Waals surface area (Å²) in [5.74, 6) is -0.333. The smallest absolute Gasteiger partial charge is 0.224 e. The molecule has 2 N–H and O–H groups in total. The van der Waals surface area contributed by atoms with Crippen LogP contribution < -0.4 is 10.6 Å². The lowest BCUT2D eigenvalue weighted by Gasteiger charge is -2.09. The molecule has 0 aliphatic carbocycles. The summed E-state index contributed by atoms with van der Waals surface area (Å²) >= 11 is 0. The third-order valence-electron chi connectivity index (χ3n) is 4.34. The van der Waals surface area contributed by atoms with Crippen molar-refractivity contribution in [2.45, 2.75) is 26.4 Å². The molecular formula is C23H23FN2O. The maximum Gasteiger partial charge on any atom is 0.224 e. The van der Waals surface area contributed by atoms with Crippen molar-refractivity contribution >= 4 is 11.6 Å². The van der Waals surface area contributed by atoms with Gasteiger partial charge in [-0.1, -0.05) is 54.1 Å². The fourth-order valence-corrected chi connectivity index (χ4v) is 2.70. The lowest BCUT2D eigenvalue weighted by molar-refractivity contribution is -0.120. The van der Waals surface area contributed by atoms with Crippen molar-refractivity contribution in [2.24, 2.45) is 0 Å². The largest absolute Gasteiger partial charge is 0.381 e. The van der Waals surface area contributed by atoms with E-state index in [-0.39, 0.29) is 11.7 Å². The van der Waals surface area contributed by atoms with E-state index in [9.17, 15) is 9.18 Å². The molecule has 3 aromatic rings. The molecule has 3 aromatic carbocycles. The van der Waals surface area contributed by atoms with Crippen molar-refractivity contribution < 1.29 is 9.18 Å². The highest BCUT2D eigenvalue weighted by atomic mass is 19.1. The van der Waals surface area contributed by atoms with Gasteiger partial charge in [-0.3, -0.25) is 4.79 Å². The van der Waals surface area contributed by atoms with E-state index in [1.54, 1.807) is 12.1 Å². The van der Waals surface area contributed by atoms with E-state index >= 15 is 0 Å². The van der Waals surface area contributed by atoms with Crippen LogP contribution in [0.4, 0.5) is 10.1 Å². The number of aryl methyl sites for hydroxylation is 1. The fourth-order valence-electron chi connectivity index (χ4n) is 2.70. The topological polar surface area (TPSA) is 41.1 Å². The molecule has 138 valence electrons. The Morgan fingerprint density at radius 2 is 1.33 bits per heavy atom. The van der Waals surface area contributed by atoms with Gasteiger partial charge in [0.1, 0.15) is 5.82 Å². The van der Waals surface area contributed by atoms with Gasteiger partial charge < -0.3 is 10.6 Å². The SMILES string of the molecule is Cc1ccc(CNc2ccc(CC(=O)NCc3ccc(F)cc3)cc2)cc1. The quantitative estimate of drug-likeness (QED) is 0.645. The van der Waals surface area contributed by atoms with Crippen LogP contribution in [0.2, 0.25) is 0 Å². The molecule has 3 nitrogen and oxygen atoms in total. The first-order chi connectivity index (χ1) is 13.1. The second kappa shape index (κ2) is 8.99. The van der Waals surface area contributed by atoms with Crippen LogP contribution in [-0.2, 0) is 24.3 Å². The van der Waals surface area contributed by atoms with Crippen LogP contribution in [0.25, 0.3) is 0 Å². The van der Waals surface area contributed by atoms with E-state index in [0.717, 1.165) is 23.4 Å². The third kappa shape index (κ3) is 5.96. The van der Waals surface area contributed by atoms with Crippen molar-refractivity contribution in [1.82, 2.24) is 5.32 Å². The van der Waals surface area contributed by atoms with Gasteiger partial charge in [-0.2, -0.15) is 0 Å². The number of benzene rings is 3. The van der Waals surface area contributed by atoms with Gasteiger partial charge in [0.15, 0.2) is 0 Å². The Labute approximate surface area is 159 Å². The van der Waals surface area contributed by atoms with E-state index in [1.165, 1.54) is 23.3 Å². The first-order valence-electron chi connectivity index (χ1n) is 8.98. The van der Waals surface area contributed by atoms with Crippen molar-refractivity contribution in [1.29, 1.82) is 0 Å². The first-order valence-corrected chi connectivity index (χ1v) is 8.98. The second-order valence-electron chi connectivity index (χ2n) is 6.62. The molecule has 0 bridgehead atoms. The number of hydrogen-bond acceptors (Lipinski definition) is 2. The molecule has 0 aromatic heterocycles. The number of anilines is 1. The number of carbonyl (C=O) groups excluding carboxylic acids is 1. The zero-order valence-electron chi connectivity index (χ0n) is 15.3. The minimum Gasteiger partial charge on any atom is -0.381 e. The number of hydrogen-bond donors (Lipinski definition) is 2. The van der Waals surface area contributed by atoms with Gasteiger partial charge in [-0.25, -0.2) is 4.39 Å². The molecule has 27 heavy (non-hydrogen) atoms. The van der Waals surface area contributed by atoms with Crippen LogP contribution in [0, 0.1) is 12.7 Å². The van der Waals surface area contributed by atoms with E-state index in [4.69, 9.17) is 0 Å². The highest BCUT2D eigenvalue weighted by Crippen LogP contribution is 2.12. The van der Waals surface area contributed by atoms with E-state index < -0.39 is 0 Å². The Balaban J connectivity index is 1.45. The molecule has 0 atom stereocenters. The molecule has 0 spiro atoms. The molecule has 0 aliphatic heterocycles. The molecular weight excluding hydrogens is 339 g/mol. The van der Waals surface area contributed by atoms with E-state index in [1.807, 2.05) is 24.3 Å². The highest BCUT2D eigenvalue weighted by Gasteiger charge is 2.04. The summed E-state index contributed by atoms with van der Waals surface area (Å²) in [5.41, 5.74) is 5.32. The normalized spacial score (nSPS) is 10.4. The van der Waals surface area contributed by atoms with Crippen molar-refractivity contribution in [3.8, 4) is 0 Å². The summed E-state index contributed by atoms with van der Waals surface area (Å²) in [6.07, 6.45) is 0.319. The summed E-state index contributed by atoms with van der Waals surface area (Å²) in [7, 11) is 0. The Morgan fingerprint density at radius 1 is 0.778 bits per heavy atom. The van der Waals surface area contributed by atoms with Crippen molar-refractivity contribution in [2.75, 3.05) is 5.32 Å². The zero-order valence-corrected chi connectivity index (χ0v) is 15.3. The predicted octanol–water partition coefficient (Wildman–Crippen LogP) is 4.61. The number of nitrogens with one attached hydrogen (secondary N) is 2. The molecule has 3 rings (SSSR count). The minimum atomic E-state index is -0.277. The summed E-state index contributed by atoms with van der Waals surface area (Å²) in [4.78, 5) is 12.1. The number of rotatable bonds is 7. The Hall–Kier alpha value is -3.14. The summed E-state index contributed by atoms with van der Waals surface area (Å²) in [5, 5.41) is 6.24. The van der Waals surface area contributed by atoms with Crippen LogP contribution in [-0.4, -0.2) is 5.91 Å². The lowest BCUT2D eigenvalue weighted by atomic mass is 10.1. The number of amides is 1. The fraction of sp³-hybridized carbons (Fsp3) is 0.174. The number of carbonyl (C=O) groups is 1. The lowest BCUT2D eigenvalue weighted by Crippen LogP contribution is -2.24. The summed E-state index contributed by atoms with van der Waals surface area (Å²) in [6.45, 7) is 3.23. The van der Waals surface area contributed by atoms with Crippen LogP contribution in [0.15, 0.2) is 72.8 Å². The van der Waals surface area contributed by atoms with Gasteiger partial charge in [-0.15, -0.1) is 0 Å². The molecule has 4 heteroatoms. The number of halogens is 1. The Kier molecular flexibility index (Phi) is 6.21.